The Bertz CT molecular complexity index is 778. The smallest absolute Gasteiger partial charge is 0.342 e. The average molecular weight is 364 g/mol. The molecular weight excluding hydrogens is 346 g/mol. The molecule has 0 bridgehead atoms. The minimum absolute atomic E-state index is 0.247. The molecule has 0 unspecified atom stereocenters. The van der Waals surface area contributed by atoms with Crippen LogP contribution in [0.1, 0.15) is 17.3 Å². The summed E-state index contributed by atoms with van der Waals surface area (Å²) in [7, 11) is 2.95. The van der Waals surface area contributed by atoms with Gasteiger partial charge in [0.15, 0.2) is 6.10 Å². The van der Waals surface area contributed by atoms with Crippen molar-refractivity contribution in [2.75, 3.05) is 19.5 Å². The Labute approximate surface area is 150 Å². The molecule has 0 aromatic heterocycles. The molecule has 0 heterocycles. The van der Waals surface area contributed by atoms with E-state index in [9.17, 15) is 9.59 Å². The number of methoxy groups -OCH3 is 2. The number of halogens is 1. The summed E-state index contributed by atoms with van der Waals surface area (Å²) in [6.45, 7) is 1.48. The third-order valence-electron chi connectivity index (χ3n) is 3.40. The number of benzene rings is 2. The number of hydrogen-bond donors (Lipinski definition) is 1. The molecule has 0 aliphatic heterocycles. The Morgan fingerprint density at radius 3 is 2.36 bits per heavy atom. The minimum Gasteiger partial charge on any atom is -0.496 e. The van der Waals surface area contributed by atoms with Crippen LogP contribution in [-0.2, 0) is 9.53 Å². The lowest BCUT2D eigenvalue weighted by Gasteiger charge is -2.15. The zero-order valence-corrected chi connectivity index (χ0v) is 14.8. The van der Waals surface area contributed by atoms with E-state index in [1.54, 1.807) is 42.5 Å². The van der Waals surface area contributed by atoms with Gasteiger partial charge in [-0.2, -0.15) is 0 Å². The summed E-state index contributed by atoms with van der Waals surface area (Å²) in [5, 5.41) is 2.99. The van der Waals surface area contributed by atoms with Crippen molar-refractivity contribution < 1.29 is 23.8 Å². The first-order valence-corrected chi connectivity index (χ1v) is 7.82. The first-order chi connectivity index (χ1) is 12.0. The second kappa shape index (κ2) is 8.39. The maximum Gasteiger partial charge on any atom is 0.342 e. The van der Waals surface area contributed by atoms with E-state index in [0.717, 1.165) is 0 Å². The van der Waals surface area contributed by atoms with Crippen molar-refractivity contribution >= 4 is 29.2 Å². The molecule has 0 saturated heterocycles. The number of ether oxygens (including phenoxy) is 3. The van der Waals surface area contributed by atoms with Crippen LogP contribution in [-0.4, -0.2) is 32.2 Å². The fourth-order valence-electron chi connectivity index (χ4n) is 2.08. The molecule has 0 saturated carbocycles. The third-order valence-corrected chi connectivity index (χ3v) is 3.69. The van der Waals surface area contributed by atoms with E-state index in [4.69, 9.17) is 25.8 Å². The van der Waals surface area contributed by atoms with E-state index in [2.05, 4.69) is 5.32 Å². The fraction of sp³-hybridized carbons (Fsp3) is 0.222. The second-order valence-corrected chi connectivity index (χ2v) is 5.49. The molecule has 0 aliphatic carbocycles. The highest BCUT2D eigenvalue weighted by molar-refractivity contribution is 6.32. The maximum atomic E-state index is 12.2. The number of esters is 1. The van der Waals surface area contributed by atoms with Crippen LogP contribution < -0.4 is 14.8 Å². The number of anilines is 1. The van der Waals surface area contributed by atoms with Gasteiger partial charge in [0, 0.05) is 5.69 Å². The highest BCUT2D eigenvalue weighted by atomic mass is 35.5. The van der Waals surface area contributed by atoms with Crippen LogP contribution in [0.15, 0.2) is 42.5 Å². The van der Waals surface area contributed by atoms with Gasteiger partial charge in [-0.3, -0.25) is 4.79 Å². The van der Waals surface area contributed by atoms with Crippen LogP contribution in [0, 0.1) is 0 Å². The average Bonchev–Trinajstić information content (AvgIpc) is 2.61. The molecule has 6 nitrogen and oxygen atoms in total. The van der Waals surface area contributed by atoms with Gasteiger partial charge in [-0.05, 0) is 37.3 Å². The molecule has 0 aliphatic rings. The monoisotopic (exact) mass is 363 g/mol. The first-order valence-electron chi connectivity index (χ1n) is 7.44. The zero-order valence-electron chi connectivity index (χ0n) is 14.0. The predicted molar refractivity (Wildman–Crippen MR) is 94.5 cm³/mol. The predicted octanol–water partition coefficient (Wildman–Crippen LogP) is 3.54. The van der Waals surface area contributed by atoms with E-state index < -0.39 is 18.0 Å². The van der Waals surface area contributed by atoms with Crippen molar-refractivity contribution in [2.24, 2.45) is 0 Å². The van der Waals surface area contributed by atoms with Gasteiger partial charge in [0.1, 0.15) is 17.1 Å². The molecule has 2 aromatic carbocycles. The second-order valence-electron chi connectivity index (χ2n) is 5.09. The van der Waals surface area contributed by atoms with Crippen LogP contribution in [0.3, 0.4) is 0 Å². The summed E-state index contributed by atoms with van der Waals surface area (Å²) in [4.78, 5) is 24.4. The van der Waals surface area contributed by atoms with Gasteiger partial charge in [0.05, 0.1) is 19.2 Å². The topological polar surface area (TPSA) is 73.9 Å². The first kappa shape index (κ1) is 18.6. The summed E-state index contributed by atoms with van der Waals surface area (Å²) in [6, 6.07) is 11.4. The Hall–Kier alpha value is -2.73. The van der Waals surface area contributed by atoms with E-state index in [-0.39, 0.29) is 5.56 Å². The molecular formula is C18H18ClNO5. The van der Waals surface area contributed by atoms with Gasteiger partial charge in [-0.25, -0.2) is 4.79 Å². The standard InChI is InChI=1S/C18H18ClNO5/c1-11(25-18(22)13-6-4-5-7-15(13)23-2)17(21)20-12-8-9-16(24-3)14(19)10-12/h4-11H,1-3H3,(H,20,21)/t11-/m1/s1. The number of rotatable bonds is 6. The van der Waals surface area contributed by atoms with Crippen LogP contribution in [0.25, 0.3) is 0 Å². The number of carbonyl (C=O) groups is 2. The van der Waals surface area contributed by atoms with Gasteiger partial charge in [0.2, 0.25) is 0 Å². The molecule has 0 radical (unpaired) electrons. The lowest BCUT2D eigenvalue weighted by molar-refractivity contribution is -0.123. The molecule has 2 aromatic rings. The SMILES string of the molecule is COc1ccc(NC(=O)[C@@H](C)OC(=O)c2ccccc2OC)cc1Cl. The molecule has 1 atom stereocenters. The number of amides is 1. The van der Waals surface area contributed by atoms with Crippen LogP contribution in [0.5, 0.6) is 11.5 Å². The summed E-state index contributed by atoms with van der Waals surface area (Å²) in [5.74, 6) is -0.255. The number of hydrogen-bond acceptors (Lipinski definition) is 5. The van der Waals surface area contributed by atoms with Crippen LogP contribution in [0.2, 0.25) is 5.02 Å². The van der Waals surface area contributed by atoms with E-state index in [0.29, 0.717) is 22.2 Å². The van der Waals surface area contributed by atoms with Crippen molar-refractivity contribution in [2.45, 2.75) is 13.0 Å². The van der Waals surface area contributed by atoms with Crippen LogP contribution in [0.4, 0.5) is 5.69 Å². The number of nitrogens with one attached hydrogen (secondary N) is 1. The summed E-state index contributed by atoms with van der Waals surface area (Å²) in [6.07, 6.45) is -1.00. The Morgan fingerprint density at radius 2 is 1.72 bits per heavy atom. The molecule has 7 heteroatoms. The highest BCUT2D eigenvalue weighted by Crippen LogP contribution is 2.27. The quantitative estimate of drug-likeness (QED) is 0.794. The van der Waals surface area contributed by atoms with Crippen molar-refractivity contribution in [3.63, 3.8) is 0 Å². The Balaban J connectivity index is 2.02. The van der Waals surface area contributed by atoms with Gasteiger partial charge in [-0.1, -0.05) is 23.7 Å². The van der Waals surface area contributed by atoms with E-state index in [1.165, 1.54) is 21.1 Å². The third kappa shape index (κ3) is 4.64. The summed E-state index contributed by atoms with van der Waals surface area (Å²) in [5.41, 5.74) is 0.716. The number of carbonyl (C=O) groups excluding carboxylic acids is 2. The molecule has 25 heavy (non-hydrogen) atoms. The molecule has 1 amide bonds. The zero-order chi connectivity index (χ0) is 18.4. The summed E-state index contributed by atoms with van der Waals surface area (Å²) < 4.78 is 15.4. The normalized spacial score (nSPS) is 11.4. The molecule has 132 valence electrons. The van der Waals surface area contributed by atoms with Crippen LogP contribution >= 0.6 is 11.6 Å². The largest absolute Gasteiger partial charge is 0.496 e. The van der Waals surface area contributed by atoms with Gasteiger partial charge < -0.3 is 19.5 Å². The Kier molecular flexibility index (Phi) is 6.25. The lowest BCUT2D eigenvalue weighted by atomic mass is 10.2. The Morgan fingerprint density at radius 1 is 1.04 bits per heavy atom. The fourth-order valence-corrected chi connectivity index (χ4v) is 2.34. The van der Waals surface area contributed by atoms with Crippen molar-refractivity contribution in [1.82, 2.24) is 0 Å². The van der Waals surface area contributed by atoms with E-state index in [1.807, 2.05) is 0 Å². The molecule has 0 spiro atoms. The van der Waals surface area contributed by atoms with Gasteiger partial charge >= 0.3 is 5.97 Å². The maximum absolute atomic E-state index is 12.2. The molecule has 2 rings (SSSR count). The molecule has 0 fully saturated rings. The van der Waals surface area contributed by atoms with Gasteiger partial charge in [-0.15, -0.1) is 0 Å². The van der Waals surface area contributed by atoms with E-state index >= 15 is 0 Å². The minimum atomic E-state index is -1.00. The number of para-hydroxylation sites is 1. The molecule has 1 N–H and O–H groups in total. The van der Waals surface area contributed by atoms with Crippen molar-refractivity contribution in [1.29, 1.82) is 0 Å². The van der Waals surface area contributed by atoms with Gasteiger partial charge in [0.25, 0.3) is 5.91 Å². The highest BCUT2D eigenvalue weighted by Gasteiger charge is 2.21. The van der Waals surface area contributed by atoms with Crippen molar-refractivity contribution in [3.05, 3.63) is 53.1 Å². The lowest BCUT2D eigenvalue weighted by Crippen LogP contribution is -2.30. The van der Waals surface area contributed by atoms with Crippen molar-refractivity contribution in [3.8, 4) is 11.5 Å². The summed E-state index contributed by atoms with van der Waals surface area (Å²) >= 11 is 6.01.